The summed E-state index contributed by atoms with van der Waals surface area (Å²) in [6.45, 7) is 0. The van der Waals surface area contributed by atoms with E-state index in [1.807, 2.05) is 0 Å². The molecule has 0 atom stereocenters. The van der Waals surface area contributed by atoms with Crippen molar-refractivity contribution in [3.05, 3.63) is 32.2 Å². The van der Waals surface area contributed by atoms with Gasteiger partial charge in [-0.05, 0) is 55.1 Å². The minimum absolute atomic E-state index is 0.145. The largest absolute Gasteiger partial charge is 0.0950 e. The molecule has 0 fully saturated rings. The smallest absolute Gasteiger partial charge is 0.0712 e. The Balaban J connectivity index is 3.31. The van der Waals surface area contributed by atoms with E-state index < -0.39 is 0 Å². The van der Waals surface area contributed by atoms with Gasteiger partial charge < -0.3 is 0 Å². The van der Waals surface area contributed by atoms with Crippen molar-refractivity contribution in [1.82, 2.24) is 0 Å². The van der Waals surface area contributed by atoms with Gasteiger partial charge in [0.1, 0.15) is 0 Å². The Labute approximate surface area is 133 Å². The molecule has 0 saturated carbocycles. The molecule has 0 heterocycles. The molecule has 6 heteroatoms. The van der Waals surface area contributed by atoms with Crippen molar-refractivity contribution in [2.24, 2.45) is 0 Å². The van der Waals surface area contributed by atoms with Crippen LogP contribution in [0.3, 0.4) is 0 Å². The Morgan fingerprint density at radius 2 is 1.00 bits per heavy atom. The molecule has 0 amide bonds. The summed E-state index contributed by atoms with van der Waals surface area (Å²) in [7, 11) is 0. The van der Waals surface area contributed by atoms with Gasteiger partial charge in [-0.1, -0.05) is 63.7 Å². The lowest BCUT2D eigenvalue weighted by atomic mass is 10.1. The predicted octanol–water partition coefficient (Wildman–Crippen LogP) is 6.79. The quantitative estimate of drug-likeness (QED) is 0.339. The monoisotopic (exact) mass is 574 g/mol. The first-order chi connectivity index (χ1) is 6.43. The molecule has 14 heavy (non-hydrogen) atoms. The lowest BCUT2D eigenvalue weighted by molar-refractivity contribution is 1.27. The molecule has 0 nitrogen and oxygen atoms in total. The van der Waals surface area contributed by atoms with Crippen LogP contribution >= 0.6 is 95.6 Å². The standard InChI is InChI=1S/C8H4Br6/c9-5-1-3(7(11)12)4(8(13)14)2-6(5)10/h1-2,7-8H. The summed E-state index contributed by atoms with van der Waals surface area (Å²) in [5.74, 6) is 0. The first-order valence-corrected chi connectivity index (χ1v) is 8.73. The molecule has 0 aliphatic heterocycles. The molecule has 0 aliphatic rings. The second kappa shape index (κ2) is 6.15. The predicted molar refractivity (Wildman–Crippen MR) is 83.0 cm³/mol. The summed E-state index contributed by atoms with van der Waals surface area (Å²) < 4.78 is 2.38. The van der Waals surface area contributed by atoms with Crippen LogP contribution in [0.15, 0.2) is 21.1 Å². The molecule has 0 N–H and O–H groups in total. The third kappa shape index (κ3) is 3.55. The number of rotatable bonds is 2. The van der Waals surface area contributed by atoms with Crippen molar-refractivity contribution in [3.63, 3.8) is 0 Å². The zero-order chi connectivity index (χ0) is 10.9. The highest BCUT2D eigenvalue weighted by atomic mass is 79.9. The van der Waals surface area contributed by atoms with Crippen LogP contribution in [0.4, 0.5) is 0 Å². The second-order valence-electron chi connectivity index (χ2n) is 2.50. The number of hydrogen-bond acceptors (Lipinski definition) is 0. The SMILES string of the molecule is Brc1cc(C(Br)Br)c(C(Br)Br)cc1Br. The first-order valence-electron chi connectivity index (χ1n) is 3.48. The summed E-state index contributed by atoms with van der Waals surface area (Å²) in [4.78, 5) is 0. The topological polar surface area (TPSA) is 0 Å². The third-order valence-corrected chi connectivity index (χ3v) is 5.41. The Bertz CT molecular complexity index is 300. The van der Waals surface area contributed by atoms with Gasteiger partial charge in [0.05, 0.1) is 7.47 Å². The Hall–Kier alpha value is 2.10. The summed E-state index contributed by atoms with van der Waals surface area (Å²) in [6.07, 6.45) is 0. The van der Waals surface area contributed by atoms with Gasteiger partial charge in [0.15, 0.2) is 0 Å². The van der Waals surface area contributed by atoms with Crippen molar-refractivity contribution in [1.29, 1.82) is 0 Å². The van der Waals surface area contributed by atoms with E-state index in [-0.39, 0.29) is 7.47 Å². The zero-order valence-corrected chi connectivity index (χ0v) is 16.1. The third-order valence-electron chi connectivity index (χ3n) is 1.60. The van der Waals surface area contributed by atoms with E-state index in [0.29, 0.717) is 0 Å². The van der Waals surface area contributed by atoms with E-state index in [9.17, 15) is 0 Å². The lowest BCUT2D eigenvalue weighted by Crippen LogP contribution is -1.92. The number of halogens is 6. The van der Waals surface area contributed by atoms with Gasteiger partial charge in [-0.3, -0.25) is 0 Å². The molecule has 0 radical (unpaired) electrons. The molecule has 0 aliphatic carbocycles. The van der Waals surface area contributed by atoms with Crippen molar-refractivity contribution >= 4 is 95.6 Å². The highest BCUT2D eigenvalue weighted by Gasteiger charge is 2.15. The van der Waals surface area contributed by atoms with Crippen LogP contribution in [0, 0.1) is 0 Å². The Kier molecular flexibility index (Phi) is 6.22. The second-order valence-corrected chi connectivity index (χ2v) is 10.3. The molecular formula is C8H4Br6. The Morgan fingerprint density at radius 3 is 1.21 bits per heavy atom. The number of alkyl halides is 4. The van der Waals surface area contributed by atoms with Crippen LogP contribution in [-0.4, -0.2) is 0 Å². The molecular weight excluding hydrogens is 576 g/mol. The van der Waals surface area contributed by atoms with Crippen LogP contribution in [0.1, 0.15) is 18.6 Å². The molecule has 1 aromatic carbocycles. The fourth-order valence-corrected chi connectivity index (χ4v) is 3.26. The first kappa shape index (κ1) is 14.2. The van der Waals surface area contributed by atoms with Crippen LogP contribution in [0.2, 0.25) is 0 Å². The maximum absolute atomic E-state index is 3.50. The van der Waals surface area contributed by atoms with Gasteiger partial charge in [0.2, 0.25) is 0 Å². The number of benzene rings is 1. The molecule has 1 rings (SSSR count). The fourth-order valence-electron chi connectivity index (χ4n) is 0.956. The van der Waals surface area contributed by atoms with Crippen LogP contribution in [0.5, 0.6) is 0 Å². The molecule has 0 aromatic heterocycles. The summed E-state index contributed by atoms with van der Waals surface area (Å²) in [5.41, 5.74) is 2.36. The minimum Gasteiger partial charge on any atom is -0.0712 e. The van der Waals surface area contributed by atoms with E-state index in [0.717, 1.165) is 8.95 Å². The van der Waals surface area contributed by atoms with Gasteiger partial charge in [-0.2, -0.15) is 0 Å². The maximum Gasteiger partial charge on any atom is 0.0950 e. The average Bonchev–Trinajstić information content (AvgIpc) is 2.08. The van der Waals surface area contributed by atoms with E-state index in [1.54, 1.807) is 0 Å². The minimum atomic E-state index is 0.145. The van der Waals surface area contributed by atoms with E-state index in [4.69, 9.17) is 0 Å². The Morgan fingerprint density at radius 1 is 0.714 bits per heavy atom. The highest BCUT2D eigenvalue weighted by Crippen LogP contribution is 2.42. The summed E-state index contributed by atoms with van der Waals surface area (Å²) in [6, 6.07) is 4.15. The summed E-state index contributed by atoms with van der Waals surface area (Å²) >= 11 is 21.0. The van der Waals surface area contributed by atoms with Crippen molar-refractivity contribution < 1.29 is 0 Å². The van der Waals surface area contributed by atoms with Crippen molar-refractivity contribution in [2.75, 3.05) is 0 Å². The van der Waals surface area contributed by atoms with Crippen LogP contribution in [0.25, 0.3) is 0 Å². The van der Waals surface area contributed by atoms with E-state index in [1.165, 1.54) is 11.1 Å². The molecule has 0 unspecified atom stereocenters. The normalized spacial score (nSPS) is 11.4. The van der Waals surface area contributed by atoms with Gasteiger partial charge in [0, 0.05) is 8.95 Å². The van der Waals surface area contributed by atoms with Gasteiger partial charge in [-0.15, -0.1) is 0 Å². The molecule has 78 valence electrons. The number of hydrogen-bond donors (Lipinski definition) is 0. The maximum atomic E-state index is 3.50. The van der Waals surface area contributed by atoms with Gasteiger partial charge in [-0.25, -0.2) is 0 Å². The highest BCUT2D eigenvalue weighted by molar-refractivity contribution is 9.24. The molecule has 1 aromatic rings. The molecule has 0 bridgehead atoms. The van der Waals surface area contributed by atoms with Crippen molar-refractivity contribution in [3.8, 4) is 0 Å². The zero-order valence-electron chi connectivity index (χ0n) is 6.58. The molecule has 0 spiro atoms. The van der Waals surface area contributed by atoms with E-state index in [2.05, 4.69) is 108 Å². The van der Waals surface area contributed by atoms with E-state index >= 15 is 0 Å². The van der Waals surface area contributed by atoms with Crippen molar-refractivity contribution in [2.45, 2.75) is 7.47 Å². The van der Waals surface area contributed by atoms with Gasteiger partial charge >= 0.3 is 0 Å². The average molecular weight is 580 g/mol. The fraction of sp³-hybridized carbons (Fsp3) is 0.250. The lowest BCUT2D eigenvalue weighted by Gasteiger charge is -2.13. The summed E-state index contributed by atoms with van der Waals surface area (Å²) in [5, 5.41) is 0. The van der Waals surface area contributed by atoms with Crippen LogP contribution in [-0.2, 0) is 0 Å². The molecule has 0 saturated heterocycles. The van der Waals surface area contributed by atoms with Gasteiger partial charge in [0.25, 0.3) is 0 Å². The van der Waals surface area contributed by atoms with Crippen LogP contribution < -0.4 is 0 Å².